The van der Waals surface area contributed by atoms with Crippen molar-refractivity contribution < 1.29 is 44.2 Å². The van der Waals surface area contributed by atoms with Crippen LogP contribution < -0.4 is 14.9 Å². The molecule has 2 heterocycles. The maximum Gasteiger partial charge on any atom is 0.229 e. The molecular formula is C22H22O10. The Morgan fingerprint density at radius 2 is 1.72 bits per heavy atom. The molecule has 5 atom stereocenters. The SMILES string of the molecule is COc1ccc(-c2coc3cc(O[C@@H]4O[C@@H](CO)[C@@H](O)[C@H](O)[C@@H]4O)cc(O)c3c2=O)cc1. The third-order valence-corrected chi connectivity index (χ3v) is 5.33. The van der Waals surface area contributed by atoms with E-state index in [-0.39, 0.29) is 22.3 Å². The summed E-state index contributed by atoms with van der Waals surface area (Å²) in [5, 5.41) is 49.6. The highest BCUT2D eigenvalue weighted by atomic mass is 16.7. The number of phenolic OH excluding ortho intramolecular Hbond substituents is 1. The van der Waals surface area contributed by atoms with Crippen LogP contribution in [0.25, 0.3) is 22.1 Å². The fourth-order valence-corrected chi connectivity index (χ4v) is 3.54. The van der Waals surface area contributed by atoms with Gasteiger partial charge in [0, 0.05) is 12.1 Å². The molecule has 0 bridgehead atoms. The summed E-state index contributed by atoms with van der Waals surface area (Å²) in [7, 11) is 1.53. The van der Waals surface area contributed by atoms with E-state index in [2.05, 4.69) is 0 Å². The average Bonchev–Trinajstić information content (AvgIpc) is 2.79. The summed E-state index contributed by atoms with van der Waals surface area (Å²) in [6.45, 7) is -0.614. The summed E-state index contributed by atoms with van der Waals surface area (Å²) in [6, 6.07) is 9.20. The first-order valence-electron chi connectivity index (χ1n) is 9.74. The Bertz CT molecular complexity index is 1150. The summed E-state index contributed by atoms with van der Waals surface area (Å²) < 4.78 is 21.4. The Hall–Kier alpha value is -3.15. The first-order valence-corrected chi connectivity index (χ1v) is 9.74. The summed E-state index contributed by atoms with van der Waals surface area (Å²) in [5.41, 5.74) is 0.362. The van der Waals surface area contributed by atoms with Gasteiger partial charge in [0.2, 0.25) is 11.7 Å². The van der Waals surface area contributed by atoms with Gasteiger partial charge >= 0.3 is 0 Å². The van der Waals surface area contributed by atoms with Crippen LogP contribution in [-0.2, 0) is 4.74 Å². The molecule has 2 aromatic carbocycles. The molecule has 3 aromatic rings. The molecule has 0 saturated carbocycles. The number of aromatic hydroxyl groups is 1. The molecule has 1 aliphatic heterocycles. The number of fused-ring (bicyclic) bond motifs is 1. The van der Waals surface area contributed by atoms with Crippen LogP contribution in [0, 0.1) is 0 Å². The zero-order valence-electron chi connectivity index (χ0n) is 16.9. The van der Waals surface area contributed by atoms with E-state index < -0.39 is 48.5 Å². The van der Waals surface area contributed by atoms with Crippen molar-refractivity contribution in [2.45, 2.75) is 30.7 Å². The normalized spacial score (nSPS) is 25.6. The van der Waals surface area contributed by atoms with Gasteiger partial charge in [0.25, 0.3) is 0 Å². The van der Waals surface area contributed by atoms with E-state index in [9.17, 15) is 30.3 Å². The molecule has 10 heteroatoms. The summed E-state index contributed by atoms with van der Waals surface area (Å²) in [6.07, 6.45) is -6.14. The van der Waals surface area contributed by atoms with Gasteiger partial charge in [-0.2, -0.15) is 0 Å². The van der Waals surface area contributed by atoms with Gasteiger partial charge in [0.15, 0.2) is 0 Å². The lowest BCUT2D eigenvalue weighted by molar-refractivity contribution is -0.277. The number of methoxy groups -OCH3 is 1. The second-order valence-corrected chi connectivity index (χ2v) is 7.34. The van der Waals surface area contributed by atoms with Crippen molar-refractivity contribution in [1.29, 1.82) is 0 Å². The summed E-state index contributed by atoms with van der Waals surface area (Å²) in [4.78, 5) is 13.0. The van der Waals surface area contributed by atoms with E-state index >= 15 is 0 Å². The molecule has 0 unspecified atom stereocenters. The third kappa shape index (κ3) is 3.90. The zero-order valence-corrected chi connectivity index (χ0v) is 16.9. The molecule has 10 nitrogen and oxygen atoms in total. The van der Waals surface area contributed by atoms with Gasteiger partial charge in [-0.25, -0.2) is 0 Å². The monoisotopic (exact) mass is 446 g/mol. The van der Waals surface area contributed by atoms with E-state index in [4.69, 9.17) is 18.6 Å². The zero-order chi connectivity index (χ0) is 23.0. The highest BCUT2D eigenvalue weighted by Crippen LogP contribution is 2.32. The number of hydrogen-bond donors (Lipinski definition) is 5. The molecule has 0 amide bonds. The Labute approximate surface area is 181 Å². The molecular weight excluding hydrogens is 424 g/mol. The lowest BCUT2D eigenvalue weighted by atomic mass is 9.99. The largest absolute Gasteiger partial charge is 0.507 e. The predicted octanol–water partition coefficient (Wildman–Crippen LogP) is 0.353. The van der Waals surface area contributed by atoms with E-state index in [1.54, 1.807) is 24.3 Å². The molecule has 1 aliphatic rings. The van der Waals surface area contributed by atoms with Crippen molar-refractivity contribution in [2.75, 3.05) is 13.7 Å². The summed E-state index contributed by atoms with van der Waals surface area (Å²) in [5.74, 6) is 0.169. The van der Waals surface area contributed by atoms with Crippen molar-refractivity contribution in [1.82, 2.24) is 0 Å². The number of hydrogen-bond acceptors (Lipinski definition) is 10. The van der Waals surface area contributed by atoms with Crippen LogP contribution in [0.3, 0.4) is 0 Å². The van der Waals surface area contributed by atoms with Crippen molar-refractivity contribution in [3.63, 3.8) is 0 Å². The van der Waals surface area contributed by atoms with Crippen molar-refractivity contribution >= 4 is 11.0 Å². The van der Waals surface area contributed by atoms with Crippen molar-refractivity contribution in [3.05, 3.63) is 52.9 Å². The van der Waals surface area contributed by atoms with Gasteiger partial charge < -0.3 is 44.2 Å². The number of rotatable bonds is 5. The van der Waals surface area contributed by atoms with Crippen LogP contribution in [0.1, 0.15) is 0 Å². The van der Waals surface area contributed by atoms with E-state index in [1.165, 1.54) is 19.4 Å². The Morgan fingerprint density at radius 3 is 2.38 bits per heavy atom. The fraction of sp³-hybridized carbons (Fsp3) is 0.318. The maximum absolute atomic E-state index is 13.0. The maximum atomic E-state index is 13.0. The third-order valence-electron chi connectivity index (χ3n) is 5.33. The minimum atomic E-state index is -1.63. The van der Waals surface area contributed by atoms with E-state index in [0.29, 0.717) is 11.3 Å². The first kappa shape index (κ1) is 22.1. The fourth-order valence-electron chi connectivity index (χ4n) is 3.54. The predicted molar refractivity (Wildman–Crippen MR) is 111 cm³/mol. The van der Waals surface area contributed by atoms with Gasteiger partial charge in [-0.15, -0.1) is 0 Å². The van der Waals surface area contributed by atoms with Gasteiger partial charge in [-0.3, -0.25) is 4.79 Å². The lowest BCUT2D eigenvalue weighted by Crippen LogP contribution is -2.60. The Morgan fingerprint density at radius 1 is 1.00 bits per heavy atom. The second kappa shape index (κ2) is 8.77. The number of ether oxygens (including phenoxy) is 3. The molecule has 170 valence electrons. The van der Waals surface area contributed by atoms with Gasteiger partial charge in [0.1, 0.15) is 58.9 Å². The molecule has 1 fully saturated rings. The molecule has 0 spiro atoms. The molecule has 1 aromatic heterocycles. The highest BCUT2D eigenvalue weighted by Gasteiger charge is 2.44. The van der Waals surface area contributed by atoms with Crippen LogP contribution in [0.2, 0.25) is 0 Å². The van der Waals surface area contributed by atoms with Gasteiger partial charge in [-0.05, 0) is 17.7 Å². The van der Waals surface area contributed by atoms with Gasteiger partial charge in [-0.1, -0.05) is 12.1 Å². The van der Waals surface area contributed by atoms with Crippen LogP contribution in [-0.4, -0.2) is 70.0 Å². The molecule has 1 saturated heterocycles. The average molecular weight is 446 g/mol. The molecule has 32 heavy (non-hydrogen) atoms. The standard InChI is InChI=1S/C22H22O10/c1-29-11-4-2-10(3-5-11)13-9-30-15-7-12(6-14(24)17(15)18(13)25)31-22-21(28)20(27)19(26)16(8-23)32-22/h2-7,9,16,19-24,26-28H,8H2,1H3/t16-,19+,20-,21-,22+/m0/s1. The number of phenols is 1. The molecule has 0 radical (unpaired) electrons. The van der Waals surface area contributed by atoms with Gasteiger partial charge in [0.05, 0.1) is 19.3 Å². The lowest BCUT2D eigenvalue weighted by Gasteiger charge is -2.39. The van der Waals surface area contributed by atoms with Crippen LogP contribution in [0.15, 0.2) is 51.9 Å². The number of aliphatic hydroxyl groups excluding tert-OH is 4. The first-order chi connectivity index (χ1) is 15.3. The van der Waals surface area contributed by atoms with E-state index in [0.717, 1.165) is 6.07 Å². The summed E-state index contributed by atoms with van der Waals surface area (Å²) >= 11 is 0. The molecule has 4 rings (SSSR count). The topological polar surface area (TPSA) is 159 Å². The number of aliphatic hydroxyl groups is 4. The molecule has 0 aliphatic carbocycles. The van der Waals surface area contributed by atoms with Crippen LogP contribution >= 0.6 is 0 Å². The molecule has 5 N–H and O–H groups in total. The van der Waals surface area contributed by atoms with Crippen molar-refractivity contribution in [2.24, 2.45) is 0 Å². The highest BCUT2D eigenvalue weighted by molar-refractivity contribution is 5.88. The van der Waals surface area contributed by atoms with Crippen LogP contribution in [0.5, 0.6) is 17.2 Å². The van der Waals surface area contributed by atoms with E-state index in [1.807, 2.05) is 0 Å². The van der Waals surface area contributed by atoms with Crippen molar-refractivity contribution in [3.8, 4) is 28.4 Å². The Balaban J connectivity index is 1.66. The van der Waals surface area contributed by atoms with Crippen LogP contribution in [0.4, 0.5) is 0 Å². The Kier molecular flexibility index (Phi) is 6.04. The quantitative estimate of drug-likeness (QED) is 0.370. The number of benzene rings is 2. The smallest absolute Gasteiger partial charge is 0.229 e. The second-order valence-electron chi connectivity index (χ2n) is 7.34. The minimum Gasteiger partial charge on any atom is -0.507 e. The minimum absolute atomic E-state index is 0.0202.